The molecule has 1 rings (SSSR count). The third-order valence-corrected chi connectivity index (χ3v) is 3.22. The van der Waals surface area contributed by atoms with E-state index in [1.54, 1.807) is 6.92 Å². The summed E-state index contributed by atoms with van der Waals surface area (Å²) >= 11 is 0. The molecule has 4 heteroatoms. The molecule has 0 spiro atoms. The standard InChI is InChI=1S/C10H16O4/c1-5-3-7(9(11)12)6(2)8(4-5)10(13)14/h5-8H,3-4H2,1-2H3,(H,11,12)(H,13,14). The van der Waals surface area contributed by atoms with E-state index in [9.17, 15) is 9.59 Å². The summed E-state index contributed by atoms with van der Waals surface area (Å²) in [7, 11) is 0. The second-order valence-corrected chi connectivity index (χ2v) is 4.33. The Morgan fingerprint density at radius 1 is 1.00 bits per heavy atom. The van der Waals surface area contributed by atoms with Gasteiger partial charge in [0.25, 0.3) is 0 Å². The molecular weight excluding hydrogens is 184 g/mol. The van der Waals surface area contributed by atoms with Gasteiger partial charge in [-0.05, 0) is 24.7 Å². The first-order valence-electron chi connectivity index (χ1n) is 4.89. The topological polar surface area (TPSA) is 74.6 Å². The van der Waals surface area contributed by atoms with Gasteiger partial charge in [0.05, 0.1) is 11.8 Å². The molecule has 4 nitrogen and oxygen atoms in total. The Kier molecular flexibility index (Phi) is 3.13. The van der Waals surface area contributed by atoms with E-state index in [1.165, 1.54) is 0 Å². The van der Waals surface area contributed by atoms with Gasteiger partial charge >= 0.3 is 11.9 Å². The highest BCUT2D eigenvalue weighted by molar-refractivity contribution is 5.75. The van der Waals surface area contributed by atoms with Crippen molar-refractivity contribution < 1.29 is 19.8 Å². The lowest BCUT2D eigenvalue weighted by Crippen LogP contribution is -2.38. The van der Waals surface area contributed by atoms with E-state index in [0.717, 1.165) is 0 Å². The van der Waals surface area contributed by atoms with Crippen LogP contribution >= 0.6 is 0 Å². The summed E-state index contributed by atoms with van der Waals surface area (Å²) in [6.45, 7) is 3.64. The van der Waals surface area contributed by atoms with Crippen molar-refractivity contribution in [2.24, 2.45) is 23.7 Å². The maximum absolute atomic E-state index is 10.9. The lowest BCUT2D eigenvalue weighted by atomic mass is 9.69. The number of carbonyl (C=O) groups is 2. The number of carboxylic acid groups (broad SMARTS) is 2. The van der Waals surface area contributed by atoms with E-state index >= 15 is 0 Å². The zero-order valence-corrected chi connectivity index (χ0v) is 8.43. The number of rotatable bonds is 2. The van der Waals surface area contributed by atoms with Crippen LogP contribution in [0.2, 0.25) is 0 Å². The highest BCUT2D eigenvalue weighted by Gasteiger charge is 2.40. The lowest BCUT2D eigenvalue weighted by molar-refractivity contribution is -0.153. The van der Waals surface area contributed by atoms with Crippen LogP contribution in [0, 0.1) is 23.7 Å². The fourth-order valence-corrected chi connectivity index (χ4v) is 2.32. The normalized spacial score (nSPS) is 37.9. The molecule has 2 unspecified atom stereocenters. The first-order chi connectivity index (χ1) is 6.43. The minimum Gasteiger partial charge on any atom is -0.481 e. The fourth-order valence-electron chi connectivity index (χ4n) is 2.32. The maximum Gasteiger partial charge on any atom is 0.306 e. The van der Waals surface area contributed by atoms with Crippen LogP contribution in [0.4, 0.5) is 0 Å². The fraction of sp³-hybridized carbons (Fsp3) is 0.800. The molecule has 0 aromatic rings. The van der Waals surface area contributed by atoms with Crippen molar-refractivity contribution in [3.8, 4) is 0 Å². The van der Waals surface area contributed by atoms with Gasteiger partial charge in [-0.25, -0.2) is 0 Å². The summed E-state index contributed by atoms with van der Waals surface area (Å²) < 4.78 is 0. The molecule has 0 aromatic carbocycles. The van der Waals surface area contributed by atoms with Gasteiger partial charge in [0.15, 0.2) is 0 Å². The van der Waals surface area contributed by atoms with Crippen molar-refractivity contribution in [3.63, 3.8) is 0 Å². The van der Waals surface area contributed by atoms with E-state index in [0.29, 0.717) is 12.8 Å². The molecular formula is C10H16O4. The summed E-state index contributed by atoms with van der Waals surface area (Å²) in [5, 5.41) is 17.9. The molecule has 80 valence electrons. The summed E-state index contributed by atoms with van der Waals surface area (Å²) in [5.41, 5.74) is 0. The van der Waals surface area contributed by atoms with Crippen LogP contribution in [-0.4, -0.2) is 22.2 Å². The van der Waals surface area contributed by atoms with Gasteiger partial charge in [-0.15, -0.1) is 0 Å². The van der Waals surface area contributed by atoms with Crippen molar-refractivity contribution in [3.05, 3.63) is 0 Å². The number of hydrogen-bond acceptors (Lipinski definition) is 2. The SMILES string of the molecule is CC1CC(C(=O)O)C(C)C(C(=O)O)C1. The molecule has 2 atom stereocenters. The molecule has 0 bridgehead atoms. The summed E-state index contributed by atoms with van der Waals surface area (Å²) in [4.78, 5) is 21.8. The molecule has 0 amide bonds. The van der Waals surface area contributed by atoms with E-state index < -0.39 is 23.8 Å². The molecule has 0 heterocycles. The Bertz CT molecular complexity index is 225. The van der Waals surface area contributed by atoms with Crippen LogP contribution in [-0.2, 0) is 9.59 Å². The zero-order chi connectivity index (χ0) is 10.9. The number of aliphatic carboxylic acids is 2. The van der Waals surface area contributed by atoms with E-state index in [-0.39, 0.29) is 11.8 Å². The molecule has 2 N–H and O–H groups in total. The van der Waals surface area contributed by atoms with Crippen LogP contribution < -0.4 is 0 Å². The Morgan fingerprint density at radius 3 is 1.64 bits per heavy atom. The molecule has 0 radical (unpaired) electrons. The van der Waals surface area contributed by atoms with Crippen molar-refractivity contribution in [1.82, 2.24) is 0 Å². The molecule has 0 aliphatic heterocycles. The van der Waals surface area contributed by atoms with Crippen LogP contribution in [0.15, 0.2) is 0 Å². The van der Waals surface area contributed by atoms with Crippen LogP contribution in [0.5, 0.6) is 0 Å². The maximum atomic E-state index is 10.9. The van der Waals surface area contributed by atoms with E-state index in [4.69, 9.17) is 10.2 Å². The van der Waals surface area contributed by atoms with Crippen LogP contribution in [0.3, 0.4) is 0 Å². The van der Waals surface area contributed by atoms with Crippen LogP contribution in [0.1, 0.15) is 26.7 Å². The lowest BCUT2D eigenvalue weighted by Gasteiger charge is -2.34. The average Bonchev–Trinajstić information content (AvgIpc) is 2.07. The quantitative estimate of drug-likeness (QED) is 0.707. The van der Waals surface area contributed by atoms with Crippen molar-refractivity contribution >= 4 is 11.9 Å². The summed E-state index contributed by atoms with van der Waals surface area (Å²) in [6, 6.07) is 0. The van der Waals surface area contributed by atoms with Gasteiger partial charge in [0, 0.05) is 0 Å². The molecule has 1 fully saturated rings. The predicted molar refractivity (Wildman–Crippen MR) is 49.8 cm³/mol. The van der Waals surface area contributed by atoms with Gasteiger partial charge in [-0.2, -0.15) is 0 Å². The average molecular weight is 200 g/mol. The highest BCUT2D eigenvalue weighted by Crippen LogP contribution is 2.38. The third-order valence-electron chi connectivity index (χ3n) is 3.22. The second kappa shape index (κ2) is 3.98. The number of carboxylic acids is 2. The van der Waals surface area contributed by atoms with E-state index in [1.807, 2.05) is 6.92 Å². The third kappa shape index (κ3) is 2.05. The van der Waals surface area contributed by atoms with Gasteiger partial charge in [-0.3, -0.25) is 9.59 Å². The van der Waals surface area contributed by atoms with Gasteiger partial charge in [0.2, 0.25) is 0 Å². The Balaban J connectivity index is 2.80. The number of hydrogen-bond donors (Lipinski definition) is 2. The summed E-state index contributed by atoms with van der Waals surface area (Å²) in [5.74, 6) is -2.81. The Morgan fingerprint density at radius 2 is 1.36 bits per heavy atom. The highest BCUT2D eigenvalue weighted by atomic mass is 16.4. The predicted octanol–water partition coefficient (Wildman–Crippen LogP) is 1.45. The monoisotopic (exact) mass is 200 g/mol. The van der Waals surface area contributed by atoms with Crippen molar-refractivity contribution in [2.75, 3.05) is 0 Å². The largest absolute Gasteiger partial charge is 0.481 e. The van der Waals surface area contributed by atoms with Crippen LogP contribution in [0.25, 0.3) is 0 Å². The van der Waals surface area contributed by atoms with Crippen molar-refractivity contribution in [1.29, 1.82) is 0 Å². The molecule has 1 saturated carbocycles. The molecule has 1 aliphatic carbocycles. The first kappa shape index (κ1) is 11.0. The van der Waals surface area contributed by atoms with Gasteiger partial charge in [0.1, 0.15) is 0 Å². The molecule has 1 aliphatic rings. The Labute approximate surface area is 82.9 Å². The van der Waals surface area contributed by atoms with Gasteiger partial charge < -0.3 is 10.2 Å². The van der Waals surface area contributed by atoms with Crippen molar-refractivity contribution in [2.45, 2.75) is 26.7 Å². The zero-order valence-electron chi connectivity index (χ0n) is 8.43. The smallest absolute Gasteiger partial charge is 0.306 e. The van der Waals surface area contributed by atoms with E-state index in [2.05, 4.69) is 0 Å². The molecule has 0 aromatic heterocycles. The minimum atomic E-state index is -0.865. The molecule has 14 heavy (non-hydrogen) atoms. The minimum absolute atomic E-state index is 0.188. The first-order valence-corrected chi connectivity index (χ1v) is 4.89. The molecule has 0 saturated heterocycles. The Hall–Kier alpha value is -1.06. The second-order valence-electron chi connectivity index (χ2n) is 4.33. The van der Waals surface area contributed by atoms with Gasteiger partial charge in [-0.1, -0.05) is 13.8 Å². The summed E-state index contributed by atoms with van der Waals surface area (Å²) in [6.07, 6.45) is 1.19.